The van der Waals surface area contributed by atoms with Gasteiger partial charge in [-0.2, -0.15) is 0 Å². The van der Waals surface area contributed by atoms with Crippen LogP contribution in [-0.4, -0.2) is 20.9 Å². The summed E-state index contributed by atoms with van der Waals surface area (Å²) in [6.45, 7) is -0.525. The van der Waals surface area contributed by atoms with Gasteiger partial charge >= 0.3 is 0 Å². The van der Waals surface area contributed by atoms with Gasteiger partial charge in [-0.15, -0.1) is 0 Å². The molecule has 2 aromatic carbocycles. The summed E-state index contributed by atoms with van der Waals surface area (Å²) in [5.74, 6) is -1.31. The first kappa shape index (κ1) is 15.0. The summed E-state index contributed by atoms with van der Waals surface area (Å²) in [5.41, 5.74) is 5.28. The molecule has 0 heterocycles. The Labute approximate surface area is 121 Å². The van der Waals surface area contributed by atoms with Crippen LogP contribution < -0.4 is 10.0 Å². The van der Waals surface area contributed by atoms with Gasteiger partial charge < -0.3 is 5.73 Å². The van der Waals surface area contributed by atoms with Crippen LogP contribution in [0.4, 0.5) is 10.1 Å². The van der Waals surface area contributed by atoms with E-state index in [0.717, 1.165) is 16.4 Å². The average molecular weight is 308 g/mol. The van der Waals surface area contributed by atoms with Crippen molar-refractivity contribution in [1.29, 1.82) is 0 Å². The van der Waals surface area contributed by atoms with Gasteiger partial charge in [0, 0.05) is 0 Å². The largest absolute Gasteiger partial charge is 0.368 e. The number of nitrogens with two attached hydrogens (primary N) is 1. The lowest BCUT2D eigenvalue weighted by molar-refractivity contribution is -0.116. The summed E-state index contributed by atoms with van der Waals surface area (Å²) in [4.78, 5) is 11.2. The Balaban J connectivity index is 2.50. The Morgan fingerprint density at radius 2 is 1.62 bits per heavy atom. The summed E-state index contributed by atoms with van der Waals surface area (Å²) < 4.78 is 39.0. The number of benzene rings is 2. The molecule has 0 aliphatic carbocycles. The molecule has 2 rings (SSSR count). The molecular formula is C14H13FN2O3S. The van der Waals surface area contributed by atoms with Crippen LogP contribution in [0, 0.1) is 5.82 Å². The predicted octanol–water partition coefficient (Wildman–Crippen LogP) is 1.51. The van der Waals surface area contributed by atoms with Crippen LogP contribution in [0.15, 0.2) is 59.5 Å². The highest BCUT2D eigenvalue weighted by atomic mass is 32.2. The fraction of sp³-hybridized carbons (Fsp3) is 0.0714. The van der Waals surface area contributed by atoms with E-state index in [1.807, 2.05) is 0 Å². The van der Waals surface area contributed by atoms with E-state index in [0.29, 0.717) is 0 Å². The van der Waals surface area contributed by atoms with Gasteiger partial charge in [0.25, 0.3) is 10.0 Å². The SMILES string of the molecule is NC(=O)CN(c1ccc(F)cc1)S(=O)(=O)c1ccccc1. The van der Waals surface area contributed by atoms with Crippen molar-refractivity contribution in [2.75, 3.05) is 10.8 Å². The highest BCUT2D eigenvalue weighted by Crippen LogP contribution is 2.23. The van der Waals surface area contributed by atoms with Crippen LogP contribution in [0.3, 0.4) is 0 Å². The summed E-state index contributed by atoms with van der Waals surface area (Å²) >= 11 is 0. The van der Waals surface area contributed by atoms with E-state index in [4.69, 9.17) is 5.73 Å². The molecule has 110 valence electrons. The topological polar surface area (TPSA) is 80.5 Å². The number of primary amides is 1. The first-order valence-electron chi connectivity index (χ1n) is 6.03. The smallest absolute Gasteiger partial charge is 0.264 e. The van der Waals surface area contributed by atoms with Gasteiger partial charge in [0.2, 0.25) is 5.91 Å². The molecule has 0 atom stereocenters. The van der Waals surface area contributed by atoms with E-state index in [9.17, 15) is 17.6 Å². The first-order chi connectivity index (χ1) is 9.91. The molecule has 1 amide bonds. The molecule has 0 spiro atoms. The van der Waals surface area contributed by atoms with Crippen molar-refractivity contribution in [3.63, 3.8) is 0 Å². The fourth-order valence-corrected chi connectivity index (χ4v) is 3.24. The number of hydrogen-bond acceptors (Lipinski definition) is 3. The van der Waals surface area contributed by atoms with Gasteiger partial charge in [-0.05, 0) is 36.4 Å². The van der Waals surface area contributed by atoms with Crippen LogP contribution in [0.2, 0.25) is 0 Å². The molecule has 0 aliphatic rings. The molecule has 7 heteroatoms. The molecule has 0 saturated heterocycles. The first-order valence-corrected chi connectivity index (χ1v) is 7.47. The number of carbonyl (C=O) groups is 1. The van der Waals surface area contributed by atoms with Crippen molar-refractivity contribution in [2.24, 2.45) is 5.73 Å². The Morgan fingerprint density at radius 1 is 1.05 bits per heavy atom. The second-order valence-electron chi connectivity index (χ2n) is 4.27. The van der Waals surface area contributed by atoms with Crippen molar-refractivity contribution >= 4 is 21.6 Å². The van der Waals surface area contributed by atoms with Gasteiger partial charge in [-0.1, -0.05) is 18.2 Å². The quantitative estimate of drug-likeness (QED) is 0.909. The lowest BCUT2D eigenvalue weighted by atomic mass is 10.3. The summed E-state index contributed by atoms with van der Waals surface area (Å²) in [7, 11) is -3.95. The third-order valence-corrected chi connectivity index (χ3v) is 4.53. The molecular weight excluding hydrogens is 295 g/mol. The van der Waals surface area contributed by atoms with Crippen LogP contribution >= 0.6 is 0 Å². The molecule has 0 aromatic heterocycles. The van der Waals surface area contributed by atoms with E-state index in [2.05, 4.69) is 0 Å². The number of anilines is 1. The molecule has 21 heavy (non-hydrogen) atoms. The maximum Gasteiger partial charge on any atom is 0.264 e. The van der Waals surface area contributed by atoms with Crippen molar-refractivity contribution < 1.29 is 17.6 Å². The normalized spacial score (nSPS) is 11.1. The molecule has 0 fully saturated rings. The van der Waals surface area contributed by atoms with Crippen LogP contribution in [0.1, 0.15) is 0 Å². The van der Waals surface area contributed by atoms with Gasteiger partial charge in [0.05, 0.1) is 10.6 Å². The minimum atomic E-state index is -3.95. The maximum atomic E-state index is 13.0. The number of sulfonamides is 1. The van der Waals surface area contributed by atoms with Crippen molar-refractivity contribution in [3.8, 4) is 0 Å². The maximum absolute atomic E-state index is 13.0. The number of rotatable bonds is 5. The second kappa shape index (κ2) is 5.92. The number of nitrogens with zero attached hydrogens (tertiary/aromatic N) is 1. The van der Waals surface area contributed by atoms with Crippen molar-refractivity contribution in [3.05, 3.63) is 60.4 Å². The third-order valence-electron chi connectivity index (χ3n) is 2.75. The number of amides is 1. The van der Waals surface area contributed by atoms with Crippen LogP contribution in [-0.2, 0) is 14.8 Å². The molecule has 5 nitrogen and oxygen atoms in total. The van der Waals surface area contributed by atoms with Gasteiger partial charge in [-0.25, -0.2) is 12.8 Å². The molecule has 0 unspecified atom stereocenters. The lowest BCUT2D eigenvalue weighted by Gasteiger charge is -2.23. The Kier molecular flexibility index (Phi) is 4.23. The fourth-order valence-electron chi connectivity index (χ4n) is 1.78. The third kappa shape index (κ3) is 3.38. The predicted molar refractivity (Wildman–Crippen MR) is 76.6 cm³/mol. The zero-order valence-corrected chi connectivity index (χ0v) is 11.8. The molecule has 0 aliphatic heterocycles. The second-order valence-corrected chi connectivity index (χ2v) is 6.13. The summed E-state index contributed by atoms with van der Waals surface area (Å²) in [6, 6.07) is 12.4. The Hall–Kier alpha value is -2.41. The van der Waals surface area contributed by atoms with E-state index < -0.39 is 28.3 Å². The van der Waals surface area contributed by atoms with Crippen molar-refractivity contribution in [2.45, 2.75) is 4.90 Å². The van der Waals surface area contributed by atoms with E-state index >= 15 is 0 Å². The highest BCUT2D eigenvalue weighted by Gasteiger charge is 2.26. The highest BCUT2D eigenvalue weighted by molar-refractivity contribution is 7.92. The standard InChI is InChI=1S/C14H13FN2O3S/c15-11-6-8-12(9-7-11)17(10-14(16)18)21(19,20)13-4-2-1-3-5-13/h1-9H,10H2,(H2,16,18). The van der Waals surface area contributed by atoms with Crippen LogP contribution in [0.25, 0.3) is 0 Å². The molecule has 2 N–H and O–H groups in total. The Bertz CT molecular complexity index is 731. The molecule has 0 bridgehead atoms. The van der Waals surface area contributed by atoms with E-state index in [1.165, 1.54) is 24.3 Å². The minimum Gasteiger partial charge on any atom is -0.368 e. The van der Waals surface area contributed by atoms with E-state index in [1.54, 1.807) is 18.2 Å². The summed E-state index contributed by atoms with van der Waals surface area (Å²) in [5, 5.41) is 0. The number of halogens is 1. The van der Waals surface area contributed by atoms with Gasteiger partial charge in [-0.3, -0.25) is 9.10 Å². The van der Waals surface area contributed by atoms with Gasteiger partial charge in [0.15, 0.2) is 0 Å². The molecule has 2 aromatic rings. The van der Waals surface area contributed by atoms with Crippen molar-refractivity contribution in [1.82, 2.24) is 0 Å². The van der Waals surface area contributed by atoms with Gasteiger partial charge in [0.1, 0.15) is 12.4 Å². The molecule has 0 saturated carbocycles. The van der Waals surface area contributed by atoms with E-state index in [-0.39, 0.29) is 10.6 Å². The minimum absolute atomic E-state index is 0.0237. The zero-order chi connectivity index (χ0) is 15.5. The number of hydrogen-bond donors (Lipinski definition) is 1. The molecule has 0 radical (unpaired) electrons. The number of carbonyl (C=O) groups excluding carboxylic acids is 1. The monoisotopic (exact) mass is 308 g/mol. The zero-order valence-electron chi connectivity index (χ0n) is 10.9. The Morgan fingerprint density at radius 3 is 2.14 bits per heavy atom. The lowest BCUT2D eigenvalue weighted by Crippen LogP contribution is -2.38. The van der Waals surface area contributed by atoms with Crippen LogP contribution in [0.5, 0.6) is 0 Å². The average Bonchev–Trinajstić information content (AvgIpc) is 2.46. The summed E-state index contributed by atoms with van der Waals surface area (Å²) in [6.07, 6.45) is 0.